The molecule has 0 amide bonds. The van der Waals surface area contributed by atoms with Crippen LogP contribution in [0.4, 0.5) is 4.39 Å². The number of nitrogens with zero attached hydrogens (tertiary/aromatic N) is 2. The molecule has 1 N–H and O–H groups in total. The molecule has 0 atom stereocenters. The summed E-state index contributed by atoms with van der Waals surface area (Å²) in [5.41, 5.74) is 1.73. The maximum absolute atomic E-state index is 13.7. The van der Waals surface area contributed by atoms with Crippen LogP contribution in [0, 0.1) is 5.82 Å². The second-order valence-corrected chi connectivity index (χ2v) is 7.05. The third-order valence-corrected chi connectivity index (χ3v) is 4.97. The summed E-state index contributed by atoms with van der Waals surface area (Å²) in [6.45, 7) is 0. The average Bonchev–Trinajstić information content (AvgIpc) is 3.23. The van der Waals surface area contributed by atoms with Crippen LogP contribution < -0.4 is 14.8 Å². The number of Topliss-reactive ketones (excluding diaryl/α,β-unsaturated/α-hetero) is 1. The number of pyridine rings is 1. The Kier molecular flexibility index (Phi) is 4.52. The van der Waals surface area contributed by atoms with Crippen LogP contribution in [-0.4, -0.2) is 20.2 Å². The number of H-pyrrole nitrogens is 1. The molecule has 134 valence electrons. The zero-order valence-corrected chi connectivity index (χ0v) is 14.9. The number of ketones is 1. The van der Waals surface area contributed by atoms with Gasteiger partial charge < -0.3 is 9.38 Å². The van der Waals surface area contributed by atoms with Crippen LogP contribution in [0.1, 0.15) is 11.1 Å². The lowest BCUT2D eigenvalue weighted by Gasteiger charge is -1.98. The van der Waals surface area contributed by atoms with E-state index in [0.29, 0.717) is 14.8 Å². The van der Waals surface area contributed by atoms with E-state index in [4.69, 9.17) is 0 Å². The van der Waals surface area contributed by atoms with Gasteiger partial charge in [-0.1, -0.05) is 18.2 Å². The van der Waals surface area contributed by atoms with Gasteiger partial charge in [0.1, 0.15) is 11.5 Å². The molecular formula is C20H14FN3O2S. The summed E-state index contributed by atoms with van der Waals surface area (Å²) >= 11 is 1.19. The number of rotatable bonds is 4. The second kappa shape index (κ2) is 7.13. The van der Waals surface area contributed by atoms with E-state index in [1.54, 1.807) is 30.5 Å². The number of aromatic amines is 1. The number of nitrogens with one attached hydrogen (secondary N) is 1. The first-order valence-corrected chi connectivity index (χ1v) is 9.02. The molecule has 4 aromatic rings. The number of aromatic nitrogens is 3. The van der Waals surface area contributed by atoms with Crippen molar-refractivity contribution in [3.05, 3.63) is 91.5 Å². The zero-order valence-electron chi connectivity index (χ0n) is 14.1. The summed E-state index contributed by atoms with van der Waals surface area (Å²) in [6.07, 6.45) is 8.44. The summed E-state index contributed by atoms with van der Waals surface area (Å²) < 4.78 is 16.4. The summed E-state index contributed by atoms with van der Waals surface area (Å²) in [4.78, 5) is 31.2. The summed E-state index contributed by atoms with van der Waals surface area (Å²) in [5, 5.41) is 0. The van der Waals surface area contributed by atoms with E-state index in [0.717, 1.165) is 11.2 Å². The monoisotopic (exact) mass is 379 g/mol. The summed E-state index contributed by atoms with van der Waals surface area (Å²) in [5.74, 6) is -0.688. The van der Waals surface area contributed by atoms with Gasteiger partial charge in [-0.2, -0.15) is 0 Å². The third kappa shape index (κ3) is 3.78. The molecule has 0 unspecified atom stereocenters. The van der Waals surface area contributed by atoms with E-state index >= 15 is 0 Å². The molecular weight excluding hydrogens is 365 g/mol. The molecule has 0 aliphatic rings. The first kappa shape index (κ1) is 17.1. The van der Waals surface area contributed by atoms with Crippen molar-refractivity contribution in [3.8, 4) is 0 Å². The fraction of sp³-hybridized carbons (Fsp3) is 0.0500. The number of thiazole rings is 1. The number of hydrogen-bond acceptors (Lipinski definition) is 4. The van der Waals surface area contributed by atoms with Gasteiger partial charge in [-0.25, -0.2) is 9.37 Å². The molecule has 0 aliphatic carbocycles. The summed E-state index contributed by atoms with van der Waals surface area (Å²) in [6, 6.07) is 9.88. The van der Waals surface area contributed by atoms with E-state index in [1.807, 2.05) is 28.9 Å². The number of carbonyl (C=O) groups is 1. The maximum atomic E-state index is 13.7. The van der Waals surface area contributed by atoms with E-state index in [9.17, 15) is 14.0 Å². The predicted octanol–water partition coefficient (Wildman–Crippen LogP) is 1.64. The van der Waals surface area contributed by atoms with Gasteiger partial charge in [0.15, 0.2) is 5.78 Å². The van der Waals surface area contributed by atoms with Crippen LogP contribution in [0.2, 0.25) is 0 Å². The topological polar surface area (TPSA) is 67.2 Å². The van der Waals surface area contributed by atoms with Crippen molar-refractivity contribution in [1.82, 2.24) is 14.4 Å². The molecule has 3 heterocycles. The standard InChI is InChI=1S/C20H14FN3O2S/c21-16-4-2-1-3-14(16)10-15(25)11-19-23-20(26)17(27-19)9-13-5-6-18-22-7-8-24(18)12-13/h1-9,11-12H,10H2,(H,23,26)/b17-9-,19-11+. The molecule has 0 saturated carbocycles. The van der Waals surface area contributed by atoms with Crippen LogP contribution >= 0.6 is 11.3 Å². The maximum Gasteiger partial charge on any atom is 0.266 e. The van der Waals surface area contributed by atoms with Gasteiger partial charge >= 0.3 is 0 Å². The Labute approximate surface area is 156 Å². The van der Waals surface area contributed by atoms with Crippen LogP contribution in [0.3, 0.4) is 0 Å². The van der Waals surface area contributed by atoms with Gasteiger partial charge in [0.25, 0.3) is 5.56 Å². The molecule has 4 rings (SSSR count). The minimum Gasteiger partial charge on any atom is -0.313 e. The Morgan fingerprint density at radius 3 is 2.96 bits per heavy atom. The normalized spacial score (nSPS) is 12.8. The van der Waals surface area contributed by atoms with E-state index in [2.05, 4.69) is 9.97 Å². The lowest BCUT2D eigenvalue weighted by molar-refractivity contribution is -0.112. The Balaban J connectivity index is 1.64. The van der Waals surface area contributed by atoms with Gasteiger partial charge in [0.2, 0.25) is 0 Å². The van der Waals surface area contributed by atoms with Crippen LogP contribution in [-0.2, 0) is 11.2 Å². The molecule has 7 heteroatoms. The Hall–Kier alpha value is -3.32. The largest absolute Gasteiger partial charge is 0.313 e. The van der Waals surface area contributed by atoms with Crippen molar-refractivity contribution in [2.24, 2.45) is 0 Å². The molecule has 5 nitrogen and oxygen atoms in total. The van der Waals surface area contributed by atoms with Crippen LogP contribution in [0.5, 0.6) is 0 Å². The molecule has 0 bridgehead atoms. The molecule has 27 heavy (non-hydrogen) atoms. The number of hydrogen-bond donors (Lipinski definition) is 1. The number of benzene rings is 1. The Morgan fingerprint density at radius 1 is 1.26 bits per heavy atom. The lowest BCUT2D eigenvalue weighted by Crippen LogP contribution is -2.20. The average molecular weight is 379 g/mol. The van der Waals surface area contributed by atoms with Gasteiger partial charge in [-0.05, 0) is 35.4 Å². The SMILES string of the molecule is O=C(/C=c1\[nH]c(=O)/c(=C/c2ccc3nccn3c2)s1)Cc1ccccc1F. The molecule has 1 aromatic carbocycles. The van der Waals surface area contributed by atoms with Gasteiger partial charge in [0.05, 0.1) is 9.20 Å². The third-order valence-electron chi connectivity index (χ3n) is 4.00. The Bertz CT molecular complexity index is 1320. The van der Waals surface area contributed by atoms with Crippen molar-refractivity contribution in [2.45, 2.75) is 6.42 Å². The first-order valence-electron chi connectivity index (χ1n) is 8.20. The number of imidazole rings is 1. The molecule has 0 spiro atoms. The van der Waals surface area contributed by atoms with Crippen molar-refractivity contribution in [2.75, 3.05) is 0 Å². The highest BCUT2D eigenvalue weighted by atomic mass is 32.1. The predicted molar refractivity (Wildman–Crippen MR) is 103 cm³/mol. The van der Waals surface area contributed by atoms with Gasteiger partial charge in [0, 0.05) is 31.1 Å². The van der Waals surface area contributed by atoms with Crippen molar-refractivity contribution >= 4 is 34.9 Å². The second-order valence-electron chi connectivity index (χ2n) is 5.96. The highest BCUT2D eigenvalue weighted by molar-refractivity contribution is 7.07. The fourth-order valence-electron chi connectivity index (χ4n) is 2.73. The van der Waals surface area contributed by atoms with E-state index in [-0.39, 0.29) is 17.8 Å². The van der Waals surface area contributed by atoms with Crippen molar-refractivity contribution < 1.29 is 9.18 Å². The van der Waals surface area contributed by atoms with Crippen LogP contribution in [0.15, 0.2) is 59.8 Å². The van der Waals surface area contributed by atoms with Crippen LogP contribution in [0.25, 0.3) is 17.8 Å². The van der Waals surface area contributed by atoms with E-state index in [1.165, 1.54) is 23.5 Å². The number of carbonyl (C=O) groups excluding carboxylic acids is 1. The fourth-order valence-corrected chi connectivity index (χ4v) is 3.63. The van der Waals surface area contributed by atoms with Gasteiger partial charge in [-0.15, -0.1) is 11.3 Å². The highest BCUT2D eigenvalue weighted by Crippen LogP contribution is 2.08. The van der Waals surface area contributed by atoms with E-state index < -0.39 is 5.82 Å². The van der Waals surface area contributed by atoms with Gasteiger partial charge in [-0.3, -0.25) is 9.59 Å². The lowest BCUT2D eigenvalue weighted by atomic mass is 10.1. The molecule has 0 saturated heterocycles. The molecule has 3 aromatic heterocycles. The first-order chi connectivity index (χ1) is 13.1. The zero-order chi connectivity index (χ0) is 18.8. The smallest absolute Gasteiger partial charge is 0.266 e. The Morgan fingerprint density at radius 2 is 2.11 bits per heavy atom. The van der Waals surface area contributed by atoms with Crippen molar-refractivity contribution in [1.29, 1.82) is 0 Å². The molecule has 0 aliphatic heterocycles. The number of fused-ring (bicyclic) bond motifs is 1. The number of halogens is 1. The molecule has 0 radical (unpaired) electrons. The minimum atomic E-state index is -0.414. The molecule has 0 fully saturated rings. The quantitative estimate of drug-likeness (QED) is 0.586. The summed E-state index contributed by atoms with van der Waals surface area (Å²) in [7, 11) is 0. The highest BCUT2D eigenvalue weighted by Gasteiger charge is 2.06. The minimum absolute atomic E-state index is 0.0526. The van der Waals surface area contributed by atoms with Crippen molar-refractivity contribution in [3.63, 3.8) is 0 Å².